The summed E-state index contributed by atoms with van der Waals surface area (Å²) in [5.74, 6) is 0.944. The quantitative estimate of drug-likeness (QED) is 0.504. The van der Waals surface area contributed by atoms with Gasteiger partial charge in [0.05, 0.1) is 12.1 Å². The molecule has 0 heterocycles. The summed E-state index contributed by atoms with van der Waals surface area (Å²) >= 11 is 1.94. The summed E-state index contributed by atoms with van der Waals surface area (Å²) in [5.41, 5.74) is 5.39. The Kier molecular flexibility index (Phi) is 7.90. The van der Waals surface area contributed by atoms with E-state index >= 15 is 0 Å². The van der Waals surface area contributed by atoms with Crippen LogP contribution in [0.1, 0.15) is 62.3 Å². The summed E-state index contributed by atoms with van der Waals surface area (Å²) in [5, 5.41) is 12.5. The average Bonchev–Trinajstić information content (AvgIpc) is 2.54. The molecular weight excluding hydrogens is 398 g/mol. The van der Waals surface area contributed by atoms with Crippen molar-refractivity contribution in [3.8, 4) is 0 Å². The topological polar surface area (TPSA) is 58.6 Å². The van der Waals surface area contributed by atoms with Crippen LogP contribution in [0.5, 0.6) is 0 Å². The molecule has 0 bridgehead atoms. The maximum Gasteiger partial charge on any atom is 0.404 e. The Morgan fingerprint density at radius 1 is 1.21 bits per heavy atom. The predicted octanol–water partition coefficient (Wildman–Crippen LogP) is 6.42. The van der Waals surface area contributed by atoms with Crippen LogP contribution >= 0.6 is 11.8 Å². The van der Waals surface area contributed by atoms with Gasteiger partial charge in [0, 0.05) is 11.0 Å². The molecule has 6 heteroatoms. The van der Waals surface area contributed by atoms with Crippen LogP contribution in [0.15, 0.2) is 12.1 Å². The molecule has 0 unspecified atom stereocenters. The first kappa shape index (κ1) is 24.3. The van der Waals surface area contributed by atoms with E-state index < -0.39 is 14.4 Å². The van der Waals surface area contributed by atoms with Gasteiger partial charge in [-0.15, -0.1) is 0 Å². The predicted molar refractivity (Wildman–Crippen MR) is 127 cm³/mol. The van der Waals surface area contributed by atoms with Gasteiger partial charge in [-0.3, -0.25) is 0 Å². The van der Waals surface area contributed by atoms with Crippen LogP contribution in [-0.4, -0.2) is 36.9 Å². The first-order valence-electron chi connectivity index (χ1n) is 10.7. The number of rotatable bonds is 6. The maximum atomic E-state index is 11.4. The molecule has 1 aromatic carbocycles. The number of nitrogens with one attached hydrogen (secondary N) is 1. The summed E-state index contributed by atoms with van der Waals surface area (Å²) in [7, 11) is -2.01. The van der Waals surface area contributed by atoms with E-state index in [1.807, 2.05) is 11.8 Å². The minimum atomic E-state index is -2.01. The fourth-order valence-electron chi connectivity index (χ4n) is 3.92. The lowest BCUT2D eigenvalue weighted by Gasteiger charge is -2.45. The van der Waals surface area contributed by atoms with Crippen molar-refractivity contribution in [1.82, 2.24) is 5.32 Å². The van der Waals surface area contributed by atoms with E-state index in [9.17, 15) is 9.90 Å². The third kappa shape index (κ3) is 6.25. The second-order valence-electron chi connectivity index (χ2n) is 10.1. The van der Waals surface area contributed by atoms with Crippen LogP contribution in [0.4, 0.5) is 4.79 Å². The van der Waals surface area contributed by atoms with Crippen LogP contribution < -0.4 is 5.32 Å². The first-order chi connectivity index (χ1) is 13.3. The number of benzene rings is 1. The van der Waals surface area contributed by atoms with E-state index in [1.165, 1.54) is 22.3 Å². The molecule has 2 rings (SSSR count). The summed E-state index contributed by atoms with van der Waals surface area (Å²) in [6.45, 7) is 17.8. The maximum absolute atomic E-state index is 11.4. The van der Waals surface area contributed by atoms with E-state index in [-0.39, 0.29) is 17.2 Å². The molecule has 1 aliphatic carbocycles. The highest BCUT2D eigenvalue weighted by Crippen LogP contribution is 2.42. The molecule has 164 valence electrons. The fourth-order valence-corrected chi connectivity index (χ4v) is 6.99. The molecule has 4 nitrogen and oxygen atoms in total. The molecule has 1 saturated carbocycles. The van der Waals surface area contributed by atoms with Gasteiger partial charge in [-0.2, -0.15) is 11.8 Å². The lowest BCUT2D eigenvalue weighted by Crippen LogP contribution is -2.56. The molecule has 0 aromatic heterocycles. The number of carbonyl (C=O) groups is 1. The molecule has 3 atom stereocenters. The Hall–Kier alpha value is -0.983. The van der Waals surface area contributed by atoms with Crippen LogP contribution in [0, 0.1) is 20.8 Å². The van der Waals surface area contributed by atoms with Gasteiger partial charge in [-0.1, -0.05) is 44.9 Å². The second-order valence-corrected chi connectivity index (χ2v) is 16.0. The molecule has 1 fully saturated rings. The minimum absolute atomic E-state index is 0.0724. The molecule has 2 N–H and O–H groups in total. The normalized spacial score (nSPS) is 23.1. The fraction of sp³-hybridized carbons (Fsp3) is 0.696. The number of hydrogen-bond donors (Lipinski definition) is 2. The highest BCUT2D eigenvalue weighted by Gasteiger charge is 2.44. The molecule has 29 heavy (non-hydrogen) atoms. The zero-order chi connectivity index (χ0) is 22.0. The Labute approximate surface area is 182 Å². The van der Waals surface area contributed by atoms with Crippen LogP contribution in [-0.2, 0) is 10.2 Å². The number of aryl methyl sites for hydroxylation is 3. The van der Waals surface area contributed by atoms with Gasteiger partial charge >= 0.3 is 6.09 Å². The zero-order valence-corrected chi connectivity index (χ0v) is 21.2. The van der Waals surface area contributed by atoms with Crippen LogP contribution in [0.25, 0.3) is 0 Å². The van der Waals surface area contributed by atoms with E-state index in [1.54, 1.807) is 0 Å². The molecule has 0 spiro atoms. The first-order valence-corrected chi connectivity index (χ1v) is 14.6. The monoisotopic (exact) mass is 437 g/mol. The number of hydrogen-bond acceptors (Lipinski definition) is 3. The molecule has 0 aliphatic heterocycles. The molecule has 1 aliphatic rings. The van der Waals surface area contributed by atoms with E-state index in [4.69, 9.17) is 4.43 Å². The lowest BCUT2D eigenvalue weighted by atomic mass is 9.92. The Bertz CT molecular complexity index is 706. The van der Waals surface area contributed by atoms with E-state index in [0.717, 1.165) is 25.0 Å². The van der Waals surface area contributed by atoms with Crippen LogP contribution in [0.2, 0.25) is 18.1 Å². The van der Waals surface area contributed by atoms with Crippen LogP contribution in [0.3, 0.4) is 0 Å². The highest BCUT2D eigenvalue weighted by atomic mass is 32.2. The Morgan fingerprint density at radius 3 is 2.31 bits per heavy atom. The van der Waals surface area contributed by atoms with Gasteiger partial charge in [0.25, 0.3) is 0 Å². The number of carboxylic acid groups (broad SMARTS) is 1. The number of thioether (sulfide) groups is 1. The second kappa shape index (κ2) is 9.44. The molecule has 1 aromatic rings. The molecular formula is C23H39NO3SSi. The van der Waals surface area contributed by atoms with Crippen molar-refractivity contribution in [2.45, 2.75) is 102 Å². The van der Waals surface area contributed by atoms with Crippen molar-refractivity contribution in [1.29, 1.82) is 0 Å². The summed E-state index contributed by atoms with van der Waals surface area (Å²) in [6, 6.07) is 4.37. The highest BCUT2D eigenvalue weighted by molar-refractivity contribution is 7.99. The summed E-state index contributed by atoms with van der Waals surface area (Å²) in [4.78, 5) is 11.4. The average molecular weight is 438 g/mol. The zero-order valence-electron chi connectivity index (χ0n) is 19.4. The lowest BCUT2D eigenvalue weighted by molar-refractivity contribution is 0.101. The standard InChI is InChI=1S/C23H39NO3SSi/c1-15-12-16(2)18(17(3)13-15)14-28-20-11-9-10-19(24-22(25)26)21(20)27-29(7,8)23(4,5)6/h12-13,19-21,24H,9-11,14H2,1-8H3,(H,25,26)/t19-,20-,21-/m1/s1. The number of amides is 1. The smallest absolute Gasteiger partial charge is 0.404 e. The van der Waals surface area contributed by atoms with Crippen molar-refractivity contribution >= 4 is 26.2 Å². The molecule has 0 radical (unpaired) electrons. The van der Waals surface area contributed by atoms with E-state index in [2.05, 4.69) is 72.1 Å². The van der Waals surface area contributed by atoms with Crippen molar-refractivity contribution < 1.29 is 14.3 Å². The van der Waals surface area contributed by atoms with E-state index in [0.29, 0.717) is 5.25 Å². The molecule has 1 amide bonds. The summed E-state index contributed by atoms with van der Waals surface area (Å²) in [6.07, 6.45) is 1.94. The molecule has 0 saturated heterocycles. The third-order valence-corrected chi connectivity index (χ3v) is 12.5. The van der Waals surface area contributed by atoms with Crippen molar-refractivity contribution in [2.75, 3.05) is 0 Å². The van der Waals surface area contributed by atoms with Gasteiger partial charge in [0.1, 0.15) is 0 Å². The third-order valence-electron chi connectivity index (χ3n) is 6.59. The van der Waals surface area contributed by atoms with Gasteiger partial charge in [0.2, 0.25) is 0 Å². The van der Waals surface area contributed by atoms with Crippen molar-refractivity contribution in [3.63, 3.8) is 0 Å². The minimum Gasteiger partial charge on any atom is -0.465 e. The van der Waals surface area contributed by atoms with Gasteiger partial charge in [0.15, 0.2) is 8.32 Å². The Balaban J connectivity index is 2.23. The van der Waals surface area contributed by atoms with Gasteiger partial charge in [-0.05, 0) is 68.4 Å². The van der Waals surface area contributed by atoms with Crippen molar-refractivity contribution in [2.24, 2.45) is 0 Å². The summed E-state index contributed by atoms with van der Waals surface area (Å²) < 4.78 is 6.83. The largest absolute Gasteiger partial charge is 0.465 e. The Morgan fingerprint density at radius 2 is 1.79 bits per heavy atom. The van der Waals surface area contributed by atoms with Crippen molar-refractivity contribution in [3.05, 3.63) is 34.4 Å². The van der Waals surface area contributed by atoms with Gasteiger partial charge in [-0.25, -0.2) is 4.79 Å². The van der Waals surface area contributed by atoms with Gasteiger partial charge < -0.3 is 14.8 Å². The SMILES string of the molecule is Cc1cc(C)c(CS[C@@H]2CCC[C@@H](NC(=O)O)[C@H]2O[Si](C)(C)C(C)(C)C)c(C)c1.